The molecule has 128 valence electrons. The van der Waals surface area contributed by atoms with Crippen LogP contribution >= 0.6 is 11.3 Å². The maximum atomic E-state index is 12.0. The first-order chi connectivity index (χ1) is 11.6. The number of aliphatic carboxylic acids is 1. The summed E-state index contributed by atoms with van der Waals surface area (Å²) in [5, 5.41) is 23.4. The van der Waals surface area contributed by atoms with Crippen molar-refractivity contribution >= 4 is 34.2 Å². The first-order valence-corrected chi connectivity index (χ1v) is 8.59. The first-order valence-electron chi connectivity index (χ1n) is 7.78. The van der Waals surface area contributed by atoms with Gasteiger partial charge in [0.1, 0.15) is 5.01 Å². The third kappa shape index (κ3) is 5.96. The van der Waals surface area contributed by atoms with Crippen LogP contribution in [0, 0.1) is 0 Å². The number of urea groups is 1. The van der Waals surface area contributed by atoms with Crippen LogP contribution in [0.4, 0.5) is 15.6 Å². The molecule has 24 heavy (non-hydrogen) atoms. The van der Waals surface area contributed by atoms with Gasteiger partial charge in [-0.15, -0.1) is 10.2 Å². The van der Waals surface area contributed by atoms with Crippen molar-refractivity contribution in [1.82, 2.24) is 10.2 Å². The van der Waals surface area contributed by atoms with Crippen molar-refractivity contribution in [2.75, 3.05) is 10.6 Å². The summed E-state index contributed by atoms with van der Waals surface area (Å²) in [4.78, 5) is 22.6. The molecular weight excluding hydrogens is 328 g/mol. The Kier molecular flexibility index (Phi) is 6.68. The number of carbonyl (C=O) groups is 2. The summed E-state index contributed by atoms with van der Waals surface area (Å²) in [6, 6.07) is 6.71. The predicted octanol–water partition coefficient (Wildman–Crippen LogP) is 3.54. The number of nitrogens with zero attached hydrogens (tertiary/aromatic N) is 2. The fraction of sp³-hybridized carbons (Fsp3) is 0.375. The number of amides is 2. The van der Waals surface area contributed by atoms with Crippen molar-refractivity contribution in [2.24, 2.45) is 0 Å². The molecule has 2 amide bonds. The van der Waals surface area contributed by atoms with Crippen molar-refractivity contribution in [2.45, 2.75) is 39.0 Å². The molecule has 1 heterocycles. The average molecular weight is 348 g/mol. The highest BCUT2D eigenvalue weighted by Gasteiger charge is 2.08. The van der Waals surface area contributed by atoms with E-state index in [1.54, 1.807) is 18.2 Å². The average Bonchev–Trinajstić information content (AvgIpc) is 2.98. The Hall–Kier alpha value is -2.48. The summed E-state index contributed by atoms with van der Waals surface area (Å²) < 4.78 is 0. The molecule has 3 N–H and O–H groups in total. The number of carboxylic acids is 1. The van der Waals surface area contributed by atoms with Crippen LogP contribution in [-0.2, 0) is 17.6 Å². The molecule has 0 bridgehead atoms. The summed E-state index contributed by atoms with van der Waals surface area (Å²) in [7, 11) is 0. The predicted molar refractivity (Wildman–Crippen MR) is 93.6 cm³/mol. The molecule has 8 heteroatoms. The zero-order valence-corrected chi connectivity index (χ0v) is 14.2. The Morgan fingerprint density at radius 3 is 2.79 bits per heavy atom. The summed E-state index contributed by atoms with van der Waals surface area (Å²) in [5.74, 6) is -0.846. The normalized spacial score (nSPS) is 10.4. The molecule has 7 nitrogen and oxygen atoms in total. The van der Waals surface area contributed by atoms with Crippen molar-refractivity contribution < 1.29 is 14.7 Å². The molecule has 2 rings (SSSR count). The number of hydrogen-bond donors (Lipinski definition) is 3. The molecule has 0 spiro atoms. The Bertz CT molecular complexity index is 702. The zero-order chi connectivity index (χ0) is 17.4. The minimum Gasteiger partial charge on any atom is -0.481 e. The fourth-order valence-electron chi connectivity index (χ4n) is 2.05. The van der Waals surface area contributed by atoms with Crippen LogP contribution in [0.25, 0.3) is 0 Å². The number of aryl methyl sites for hydroxylation is 2. The van der Waals surface area contributed by atoms with Gasteiger partial charge < -0.3 is 10.4 Å². The molecule has 0 aliphatic carbocycles. The summed E-state index contributed by atoms with van der Waals surface area (Å²) in [6.45, 7) is 2.11. The van der Waals surface area contributed by atoms with Gasteiger partial charge in [-0.2, -0.15) is 0 Å². The lowest BCUT2D eigenvalue weighted by Crippen LogP contribution is -2.19. The lowest BCUT2D eigenvalue weighted by atomic mass is 10.1. The van der Waals surface area contributed by atoms with Crippen LogP contribution < -0.4 is 10.6 Å². The molecule has 1 aromatic heterocycles. The van der Waals surface area contributed by atoms with Crippen molar-refractivity contribution in [1.29, 1.82) is 0 Å². The van der Waals surface area contributed by atoms with Gasteiger partial charge in [0.2, 0.25) is 5.13 Å². The molecule has 0 radical (unpaired) electrons. The van der Waals surface area contributed by atoms with E-state index < -0.39 is 12.0 Å². The number of unbranched alkanes of at least 4 members (excludes halogenated alkanes) is 1. The lowest BCUT2D eigenvalue weighted by molar-refractivity contribution is -0.136. The fourth-order valence-corrected chi connectivity index (χ4v) is 2.83. The molecule has 0 aliphatic heterocycles. The van der Waals surface area contributed by atoms with E-state index in [2.05, 4.69) is 27.8 Å². The van der Waals surface area contributed by atoms with Gasteiger partial charge in [0.25, 0.3) is 0 Å². The van der Waals surface area contributed by atoms with Crippen LogP contribution in [0.2, 0.25) is 0 Å². The molecule has 0 saturated heterocycles. The van der Waals surface area contributed by atoms with Crippen LogP contribution in [0.1, 0.15) is 36.8 Å². The van der Waals surface area contributed by atoms with Crippen LogP contribution in [-0.4, -0.2) is 27.3 Å². The molecule has 0 aliphatic rings. The Labute approximate surface area is 144 Å². The molecule has 1 aromatic carbocycles. The molecular formula is C16H20N4O3S. The van der Waals surface area contributed by atoms with Gasteiger partial charge in [-0.1, -0.05) is 36.8 Å². The number of benzene rings is 1. The van der Waals surface area contributed by atoms with E-state index in [0.717, 1.165) is 29.8 Å². The van der Waals surface area contributed by atoms with E-state index in [1.165, 1.54) is 11.3 Å². The van der Waals surface area contributed by atoms with Crippen LogP contribution in [0.5, 0.6) is 0 Å². The molecule has 0 unspecified atom stereocenters. The standard InChI is InChI=1S/C16H20N4O3S/c1-2-3-7-13-19-20-16(24-13)18-15(23)17-12-6-4-5-11(10-12)8-9-14(21)22/h4-6,10H,2-3,7-9H2,1H3,(H,21,22)(H2,17,18,20,23). The molecule has 0 saturated carbocycles. The van der Waals surface area contributed by atoms with Gasteiger partial charge in [-0.3, -0.25) is 10.1 Å². The quantitative estimate of drug-likeness (QED) is 0.677. The van der Waals surface area contributed by atoms with Crippen molar-refractivity contribution in [3.8, 4) is 0 Å². The second-order valence-electron chi connectivity index (χ2n) is 5.28. The maximum absolute atomic E-state index is 12.0. The highest BCUT2D eigenvalue weighted by Crippen LogP contribution is 2.18. The monoisotopic (exact) mass is 348 g/mol. The third-order valence-corrected chi connectivity index (χ3v) is 4.14. The number of aromatic nitrogens is 2. The van der Waals surface area contributed by atoms with E-state index in [9.17, 15) is 9.59 Å². The number of nitrogens with one attached hydrogen (secondary N) is 2. The largest absolute Gasteiger partial charge is 0.481 e. The lowest BCUT2D eigenvalue weighted by Gasteiger charge is -2.07. The number of rotatable bonds is 8. The minimum atomic E-state index is -0.846. The van der Waals surface area contributed by atoms with Gasteiger partial charge in [0.15, 0.2) is 0 Å². The van der Waals surface area contributed by atoms with Crippen molar-refractivity contribution in [3.05, 3.63) is 34.8 Å². The van der Waals surface area contributed by atoms with Crippen LogP contribution in [0.15, 0.2) is 24.3 Å². The number of carbonyl (C=O) groups excluding carboxylic acids is 1. The van der Waals surface area contributed by atoms with Gasteiger partial charge in [0.05, 0.1) is 0 Å². The van der Waals surface area contributed by atoms with Gasteiger partial charge in [-0.25, -0.2) is 4.79 Å². The van der Waals surface area contributed by atoms with Crippen LogP contribution in [0.3, 0.4) is 0 Å². The minimum absolute atomic E-state index is 0.0565. The summed E-state index contributed by atoms with van der Waals surface area (Å²) in [5.41, 5.74) is 1.46. The smallest absolute Gasteiger partial charge is 0.325 e. The molecule has 2 aromatic rings. The number of anilines is 2. The Morgan fingerprint density at radius 2 is 2.04 bits per heavy atom. The van der Waals surface area contributed by atoms with E-state index in [4.69, 9.17) is 5.11 Å². The van der Waals surface area contributed by atoms with Crippen molar-refractivity contribution in [3.63, 3.8) is 0 Å². The van der Waals surface area contributed by atoms with Gasteiger partial charge in [-0.05, 0) is 30.5 Å². The van der Waals surface area contributed by atoms with E-state index >= 15 is 0 Å². The maximum Gasteiger partial charge on any atom is 0.325 e. The second kappa shape index (κ2) is 8.97. The summed E-state index contributed by atoms with van der Waals surface area (Å²) >= 11 is 1.37. The first kappa shape index (κ1) is 17.9. The van der Waals surface area contributed by atoms with E-state index in [1.807, 2.05) is 6.07 Å². The molecule has 0 fully saturated rings. The highest BCUT2D eigenvalue weighted by atomic mass is 32.1. The zero-order valence-electron chi connectivity index (χ0n) is 13.4. The van der Waals surface area contributed by atoms with Gasteiger partial charge >= 0.3 is 12.0 Å². The molecule has 0 atom stereocenters. The highest BCUT2D eigenvalue weighted by molar-refractivity contribution is 7.15. The van der Waals surface area contributed by atoms with E-state index in [-0.39, 0.29) is 6.42 Å². The Morgan fingerprint density at radius 1 is 1.21 bits per heavy atom. The third-order valence-electron chi connectivity index (χ3n) is 3.24. The SMILES string of the molecule is CCCCc1nnc(NC(=O)Nc2cccc(CCC(=O)O)c2)s1. The summed E-state index contributed by atoms with van der Waals surface area (Å²) in [6.07, 6.45) is 3.47. The Balaban J connectivity index is 1.88. The number of carboxylic acid groups (broad SMARTS) is 1. The van der Waals surface area contributed by atoms with E-state index in [0.29, 0.717) is 17.2 Å². The van der Waals surface area contributed by atoms with Gasteiger partial charge in [0, 0.05) is 18.5 Å². The second-order valence-corrected chi connectivity index (χ2v) is 6.34. The number of hydrogen-bond acceptors (Lipinski definition) is 5. The topological polar surface area (TPSA) is 104 Å².